The summed E-state index contributed by atoms with van der Waals surface area (Å²) in [6, 6.07) is 10.1. The Morgan fingerprint density at radius 2 is 1.52 bits per heavy atom. The van der Waals surface area contributed by atoms with Gasteiger partial charge in [-0.05, 0) is 95.0 Å². The van der Waals surface area contributed by atoms with Gasteiger partial charge in [0.1, 0.15) is 17.7 Å². The van der Waals surface area contributed by atoms with E-state index in [1.807, 2.05) is 77.9 Å². The molecule has 0 radical (unpaired) electrons. The van der Waals surface area contributed by atoms with Crippen LogP contribution in [0.4, 0.5) is 10.5 Å². The molecule has 2 aromatic carbocycles. The lowest BCUT2D eigenvalue weighted by Gasteiger charge is -2.35. The molecule has 2 aromatic rings. The molecule has 2 unspecified atom stereocenters. The van der Waals surface area contributed by atoms with Crippen LogP contribution < -0.4 is 10.6 Å². The van der Waals surface area contributed by atoms with E-state index in [9.17, 15) is 14.4 Å². The Morgan fingerprint density at radius 1 is 0.881 bits per heavy atom. The molecule has 0 aliphatic carbocycles. The van der Waals surface area contributed by atoms with Crippen LogP contribution in [-0.4, -0.2) is 41.0 Å². The molecule has 0 heterocycles. The summed E-state index contributed by atoms with van der Waals surface area (Å²) in [5.41, 5.74) is 4.84. The van der Waals surface area contributed by atoms with Gasteiger partial charge in [-0.25, -0.2) is 4.79 Å². The van der Waals surface area contributed by atoms with Crippen molar-refractivity contribution in [3.63, 3.8) is 0 Å². The molecule has 7 nitrogen and oxygen atoms in total. The maximum Gasteiger partial charge on any atom is 0.408 e. The largest absolute Gasteiger partial charge is 0.444 e. The summed E-state index contributed by atoms with van der Waals surface area (Å²) in [4.78, 5) is 43.3. The van der Waals surface area contributed by atoms with Crippen LogP contribution in [0.25, 0.3) is 0 Å². The fraction of sp³-hybridized carbons (Fsp3) is 0.571. The minimum absolute atomic E-state index is 0.124. The van der Waals surface area contributed by atoms with Gasteiger partial charge in [-0.15, -0.1) is 0 Å². The minimum Gasteiger partial charge on any atom is -0.444 e. The molecule has 2 N–H and O–H groups in total. The third-order valence-electron chi connectivity index (χ3n) is 7.37. The van der Waals surface area contributed by atoms with Gasteiger partial charge in [0.2, 0.25) is 5.91 Å². The monoisotopic (exact) mass is 579 g/mol. The van der Waals surface area contributed by atoms with Gasteiger partial charge in [0.25, 0.3) is 5.91 Å². The predicted octanol–water partition coefficient (Wildman–Crippen LogP) is 7.95. The number of hydrogen-bond donors (Lipinski definition) is 2. The maximum absolute atomic E-state index is 14.5. The van der Waals surface area contributed by atoms with E-state index in [-0.39, 0.29) is 17.7 Å². The van der Waals surface area contributed by atoms with Gasteiger partial charge in [-0.1, -0.05) is 76.4 Å². The van der Waals surface area contributed by atoms with Crippen molar-refractivity contribution in [2.75, 3.05) is 11.9 Å². The highest BCUT2D eigenvalue weighted by atomic mass is 16.6. The number of nitrogens with one attached hydrogen (secondary N) is 2. The molecule has 0 saturated heterocycles. The molecule has 0 bridgehead atoms. The first-order valence-electron chi connectivity index (χ1n) is 15.4. The molecule has 232 valence electrons. The first kappa shape index (κ1) is 34.8. The molecule has 2 atom stereocenters. The lowest BCUT2D eigenvalue weighted by molar-refractivity contribution is -0.141. The maximum atomic E-state index is 14.5. The molecule has 0 aliphatic heterocycles. The molecule has 0 saturated carbocycles. The van der Waals surface area contributed by atoms with E-state index >= 15 is 0 Å². The van der Waals surface area contributed by atoms with Crippen LogP contribution in [-0.2, 0) is 14.3 Å². The fourth-order valence-corrected chi connectivity index (χ4v) is 5.03. The third kappa shape index (κ3) is 10.5. The van der Waals surface area contributed by atoms with E-state index in [0.717, 1.165) is 59.2 Å². The van der Waals surface area contributed by atoms with Crippen LogP contribution in [0.15, 0.2) is 36.4 Å². The second-order valence-corrected chi connectivity index (χ2v) is 12.9. The first-order valence-corrected chi connectivity index (χ1v) is 15.4. The zero-order valence-corrected chi connectivity index (χ0v) is 27.5. The van der Waals surface area contributed by atoms with Crippen LogP contribution in [0, 0.1) is 33.6 Å². The number of unbranched alkanes of at least 4 members (excludes halogenated alkanes) is 3. The van der Waals surface area contributed by atoms with Crippen LogP contribution >= 0.6 is 0 Å². The van der Waals surface area contributed by atoms with E-state index in [0.29, 0.717) is 13.0 Å². The summed E-state index contributed by atoms with van der Waals surface area (Å²) in [5.74, 6) is -0.439. The van der Waals surface area contributed by atoms with Crippen molar-refractivity contribution in [3.8, 4) is 0 Å². The van der Waals surface area contributed by atoms with Crippen LogP contribution in [0.5, 0.6) is 0 Å². The van der Waals surface area contributed by atoms with Gasteiger partial charge >= 0.3 is 6.09 Å². The molecule has 0 aliphatic rings. The number of para-hydroxylation sites is 1. The van der Waals surface area contributed by atoms with Crippen molar-refractivity contribution in [2.45, 2.75) is 119 Å². The molecule has 7 heteroatoms. The van der Waals surface area contributed by atoms with E-state index in [1.54, 1.807) is 25.7 Å². The van der Waals surface area contributed by atoms with E-state index < -0.39 is 23.8 Å². The van der Waals surface area contributed by atoms with Gasteiger partial charge < -0.3 is 20.3 Å². The van der Waals surface area contributed by atoms with Gasteiger partial charge in [-0.2, -0.15) is 0 Å². The van der Waals surface area contributed by atoms with E-state index in [1.165, 1.54) is 0 Å². The highest BCUT2D eigenvalue weighted by molar-refractivity contribution is 6.00. The average molecular weight is 580 g/mol. The molecule has 3 amide bonds. The zero-order chi connectivity index (χ0) is 31.6. The van der Waals surface area contributed by atoms with E-state index in [4.69, 9.17) is 4.74 Å². The molecule has 2 rings (SSSR count). The molecule has 0 fully saturated rings. The second-order valence-electron chi connectivity index (χ2n) is 12.9. The van der Waals surface area contributed by atoms with Gasteiger partial charge in [-0.3, -0.25) is 9.59 Å². The summed E-state index contributed by atoms with van der Waals surface area (Å²) < 4.78 is 5.52. The van der Waals surface area contributed by atoms with Crippen molar-refractivity contribution in [1.82, 2.24) is 10.2 Å². The molecule has 0 aromatic heterocycles. The Labute approximate surface area is 253 Å². The first-order chi connectivity index (χ1) is 19.6. The van der Waals surface area contributed by atoms with Gasteiger partial charge in [0.05, 0.1) is 0 Å². The lowest BCUT2D eigenvalue weighted by atomic mass is 9.96. The van der Waals surface area contributed by atoms with Gasteiger partial charge in [0, 0.05) is 12.2 Å². The Hall–Kier alpha value is -3.35. The topological polar surface area (TPSA) is 87.7 Å². The highest BCUT2D eigenvalue weighted by Crippen LogP contribution is 2.29. The van der Waals surface area contributed by atoms with Crippen LogP contribution in [0.2, 0.25) is 0 Å². The van der Waals surface area contributed by atoms with Crippen molar-refractivity contribution in [2.24, 2.45) is 5.92 Å². The number of carbonyl (C=O) groups excluding carboxylic acids is 3. The summed E-state index contributed by atoms with van der Waals surface area (Å²) in [5, 5.41) is 5.99. The number of benzene rings is 2. The average Bonchev–Trinajstić information content (AvgIpc) is 2.87. The smallest absolute Gasteiger partial charge is 0.408 e. The number of nitrogens with zero attached hydrogens (tertiary/aromatic N) is 1. The lowest BCUT2D eigenvalue weighted by Crippen LogP contribution is -2.53. The Balaban J connectivity index is 2.62. The Bertz CT molecular complexity index is 1190. The molecule has 0 spiro atoms. The Morgan fingerprint density at radius 3 is 2.07 bits per heavy atom. The molecular formula is C35H53N3O4. The summed E-state index contributed by atoms with van der Waals surface area (Å²) in [6.07, 6.45) is 3.55. The molecule has 42 heavy (non-hydrogen) atoms. The van der Waals surface area contributed by atoms with Crippen molar-refractivity contribution in [3.05, 3.63) is 64.2 Å². The van der Waals surface area contributed by atoms with Crippen molar-refractivity contribution >= 4 is 23.6 Å². The van der Waals surface area contributed by atoms with Crippen LogP contribution in [0.3, 0.4) is 0 Å². The number of alkyl carbamates (subject to hydrolysis) is 1. The number of rotatable bonds is 13. The summed E-state index contributed by atoms with van der Waals surface area (Å²) in [7, 11) is 0. The van der Waals surface area contributed by atoms with E-state index in [2.05, 4.69) is 17.6 Å². The van der Waals surface area contributed by atoms with Crippen molar-refractivity contribution < 1.29 is 19.1 Å². The predicted molar refractivity (Wildman–Crippen MR) is 172 cm³/mol. The summed E-state index contributed by atoms with van der Waals surface area (Å²) in [6.45, 7) is 19.9. The van der Waals surface area contributed by atoms with Crippen molar-refractivity contribution in [1.29, 1.82) is 0 Å². The number of amides is 3. The second kappa shape index (κ2) is 15.8. The number of hydrogen-bond acceptors (Lipinski definition) is 4. The zero-order valence-electron chi connectivity index (χ0n) is 27.5. The third-order valence-corrected chi connectivity index (χ3v) is 7.37. The fourth-order valence-electron chi connectivity index (χ4n) is 5.03. The normalized spacial score (nSPS) is 12.9. The highest BCUT2D eigenvalue weighted by Gasteiger charge is 2.36. The standard InChI is InChI=1S/C35H53N3O4/c1-11-12-13-14-20-38(33(40)29(21-23(2)3)36-34(41)42-35(8,9)10)31(28-19-18-24(4)27(7)22-28)32(39)37-30-25(5)16-15-17-26(30)6/h15-19,22-23,29,31H,11-14,20-21H2,1-10H3,(H,36,41)(H,37,39). The number of anilines is 1. The molecular weight excluding hydrogens is 526 g/mol. The van der Waals surface area contributed by atoms with Gasteiger partial charge in [0.15, 0.2) is 0 Å². The number of ether oxygens (including phenoxy) is 1. The number of carbonyl (C=O) groups is 3. The summed E-state index contributed by atoms with van der Waals surface area (Å²) >= 11 is 0. The van der Waals surface area contributed by atoms with Crippen LogP contribution in [0.1, 0.15) is 108 Å². The SMILES string of the molecule is CCCCCCN(C(=O)C(CC(C)C)NC(=O)OC(C)(C)C)C(C(=O)Nc1c(C)cccc1C)c1ccc(C)c(C)c1. The minimum atomic E-state index is -0.882. The number of aryl methyl sites for hydroxylation is 4. The Kier molecular flexibility index (Phi) is 13.1. The quantitative estimate of drug-likeness (QED) is 0.236.